The standard InChI is InChI=1S/C12H11N3O2S/c1-18-12-9(3-2-5-14-12)15-11(17)8-4-6-13-10(16)7-8/h2-7H,1H3,(H,13,16)(H,15,17). The average Bonchev–Trinajstić information content (AvgIpc) is 2.39. The molecule has 92 valence electrons. The lowest BCUT2D eigenvalue weighted by Crippen LogP contribution is -2.16. The minimum Gasteiger partial charge on any atom is -0.329 e. The summed E-state index contributed by atoms with van der Waals surface area (Å²) in [6.45, 7) is 0. The van der Waals surface area contributed by atoms with Crippen LogP contribution in [0.3, 0.4) is 0 Å². The van der Waals surface area contributed by atoms with Gasteiger partial charge in [0.1, 0.15) is 5.03 Å². The quantitative estimate of drug-likeness (QED) is 0.825. The predicted molar refractivity (Wildman–Crippen MR) is 71.0 cm³/mol. The van der Waals surface area contributed by atoms with Gasteiger partial charge in [0.2, 0.25) is 5.56 Å². The molecule has 0 spiro atoms. The van der Waals surface area contributed by atoms with Crippen molar-refractivity contribution in [2.75, 3.05) is 11.6 Å². The van der Waals surface area contributed by atoms with Crippen LogP contribution in [0.15, 0.2) is 46.5 Å². The molecule has 6 heteroatoms. The number of nitrogens with zero attached hydrogens (tertiary/aromatic N) is 1. The molecule has 0 bridgehead atoms. The second kappa shape index (κ2) is 5.50. The van der Waals surface area contributed by atoms with Gasteiger partial charge >= 0.3 is 0 Å². The zero-order valence-electron chi connectivity index (χ0n) is 9.64. The Morgan fingerprint density at radius 3 is 3.00 bits per heavy atom. The summed E-state index contributed by atoms with van der Waals surface area (Å²) in [5, 5.41) is 3.46. The van der Waals surface area contributed by atoms with E-state index in [0.717, 1.165) is 5.03 Å². The number of carbonyl (C=O) groups excluding carboxylic acids is 1. The van der Waals surface area contributed by atoms with Crippen molar-refractivity contribution in [3.63, 3.8) is 0 Å². The van der Waals surface area contributed by atoms with Gasteiger partial charge in [-0.15, -0.1) is 11.8 Å². The molecule has 0 aliphatic rings. The second-order valence-corrected chi connectivity index (χ2v) is 4.25. The van der Waals surface area contributed by atoms with Gasteiger partial charge in [-0.05, 0) is 24.5 Å². The Kier molecular flexibility index (Phi) is 3.78. The van der Waals surface area contributed by atoms with Gasteiger partial charge in [0, 0.05) is 24.0 Å². The SMILES string of the molecule is CSc1ncccc1NC(=O)c1cc[nH]c(=O)c1. The summed E-state index contributed by atoms with van der Waals surface area (Å²) in [7, 11) is 0. The Hall–Kier alpha value is -2.08. The number of H-pyrrole nitrogens is 1. The summed E-state index contributed by atoms with van der Waals surface area (Å²) < 4.78 is 0. The van der Waals surface area contributed by atoms with E-state index in [-0.39, 0.29) is 11.5 Å². The first-order valence-corrected chi connectivity index (χ1v) is 6.42. The van der Waals surface area contributed by atoms with Crippen LogP contribution >= 0.6 is 11.8 Å². The van der Waals surface area contributed by atoms with E-state index in [1.807, 2.05) is 6.26 Å². The Bertz CT molecular complexity index is 624. The van der Waals surface area contributed by atoms with Crippen LogP contribution in [0, 0.1) is 0 Å². The van der Waals surface area contributed by atoms with Gasteiger partial charge in [-0.25, -0.2) is 4.98 Å². The van der Waals surface area contributed by atoms with Crippen molar-refractivity contribution >= 4 is 23.4 Å². The van der Waals surface area contributed by atoms with Crippen LogP contribution in [0.4, 0.5) is 5.69 Å². The van der Waals surface area contributed by atoms with Crippen molar-refractivity contribution in [2.24, 2.45) is 0 Å². The first kappa shape index (κ1) is 12.4. The Morgan fingerprint density at radius 2 is 2.28 bits per heavy atom. The largest absolute Gasteiger partial charge is 0.329 e. The fraction of sp³-hybridized carbons (Fsp3) is 0.0833. The van der Waals surface area contributed by atoms with Crippen molar-refractivity contribution in [3.05, 3.63) is 52.6 Å². The van der Waals surface area contributed by atoms with Crippen LogP contribution < -0.4 is 10.9 Å². The van der Waals surface area contributed by atoms with Gasteiger partial charge in [-0.3, -0.25) is 9.59 Å². The third-order valence-electron chi connectivity index (χ3n) is 2.25. The zero-order chi connectivity index (χ0) is 13.0. The number of nitrogens with one attached hydrogen (secondary N) is 2. The lowest BCUT2D eigenvalue weighted by Gasteiger charge is -2.07. The van der Waals surface area contributed by atoms with E-state index < -0.39 is 0 Å². The van der Waals surface area contributed by atoms with E-state index in [9.17, 15) is 9.59 Å². The lowest BCUT2D eigenvalue weighted by atomic mass is 10.2. The Balaban J connectivity index is 2.24. The highest BCUT2D eigenvalue weighted by Crippen LogP contribution is 2.22. The molecule has 0 aliphatic heterocycles. The zero-order valence-corrected chi connectivity index (χ0v) is 10.5. The number of pyridine rings is 2. The average molecular weight is 261 g/mol. The summed E-state index contributed by atoms with van der Waals surface area (Å²) in [4.78, 5) is 29.7. The first-order valence-electron chi connectivity index (χ1n) is 5.20. The fourth-order valence-electron chi connectivity index (χ4n) is 1.43. The molecule has 0 radical (unpaired) electrons. The number of aromatic amines is 1. The normalized spacial score (nSPS) is 10.1. The van der Waals surface area contributed by atoms with E-state index >= 15 is 0 Å². The molecule has 2 N–H and O–H groups in total. The summed E-state index contributed by atoms with van der Waals surface area (Å²) >= 11 is 1.44. The second-order valence-electron chi connectivity index (χ2n) is 3.46. The Morgan fingerprint density at radius 1 is 1.44 bits per heavy atom. The van der Waals surface area contributed by atoms with Crippen LogP contribution in [0.25, 0.3) is 0 Å². The number of carbonyl (C=O) groups is 1. The minimum atomic E-state index is -0.329. The number of aromatic nitrogens is 2. The van der Waals surface area contributed by atoms with E-state index in [1.54, 1.807) is 24.4 Å². The number of hydrogen-bond acceptors (Lipinski definition) is 4. The number of thioether (sulfide) groups is 1. The third kappa shape index (κ3) is 2.78. The molecule has 1 amide bonds. The summed E-state index contributed by atoms with van der Waals surface area (Å²) in [6, 6.07) is 6.31. The van der Waals surface area contributed by atoms with E-state index in [4.69, 9.17) is 0 Å². The predicted octanol–water partition coefficient (Wildman–Crippen LogP) is 1.74. The monoisotopic (exact) mass is 261 g/mol. The van der Waals surface area contributed by atoms with Crippen LogP contribution in [0.2, 0.25) is 0 Å². The van der Waals surface area contributed by atoms with E-state index in [0.29, 0.717) is 11.3 Å². The molecule has 0 fully saturated rings. The molecule has 2 heterocycles. The van der Waals surface area contributed by atoms with Crippen molar-refractivity contribution < 1.29 is 4.79 Å². The molecule has 2 rings (SSSR count). The fourth-order valence-corrected chi connectivity index (χ4v) is 1.93. The van der Waals surface area contributed by atoms with Crippen LogP contribution in [0.5, 0.6) is 0 Å². The van der Waals surface area contributed by atoms with Crippen LogP contribution in [0.1, 0.15) is 10.4 Å². The maximum absolute atomic E-state index is 11.9. The lowest BCUT2D eigenvalue weighted by molar-refractivity contribution is 0.102. The molecular weight excluding hydrogens is 250 g/mol. The molecule has 0 atom stereocenters. The first-order chi connectivity index (χ1) is 8.70. The van der Waals surface area contributed by atoms with Crippen LogP contribution in [-0.2, 0) is 0 Å². The maximum atomic E-state index is 11.9. The summed E-state index contributed by atoms with van der Waals surface area (Å²) in [5.74, 6) is -0.329. The van der Waals surface area contributed by atoms with Gasteiger partial charge in [0.15, 0.2) is 0 Å². The summed E-state index contributed by atoms with van der Waals surface area (Å²) in [5.41, 5.74) is 0.642. The topological polar surface area (TPSA) is 74.8 Å². The van der Waals surface area contributed by atoms with Gasteiger partial charge in [-0.2, -0.15) is 0 Å². The molecule has 2 aromatic heterocycles. The molecule has 18 heavy (non-hydrogen) atoms. The molecule has 0 unspecified atom stereocenters. The molecular formula is C12H11N3O2S. The smallest absolute Gasteiger partial charge is 0.255 e. The third-order valence-corrected chi connectivity index (χ3v) is 2.96. The highest BCUT2D eigenvalue weighted by atomic mass is 32.2. The van der Waals surface area contributed by atoms with Crippen LogP contribution in [-0.4, -0.2) is 22.1 Å². The van der Waals surface area contributed by atoms with Crippen molar-refractivity contribution in [1.29, 1.82) is 0 Å². The number of hydrogen-bond donors (Lipinski definition) is 2. The maximum Gasteiger partial charge on any atom is 0.255 e. The van der Waals surface area contributed by atoms with Crippen molar-refractivity contribution in [3.8, 4) is 0 Å². The molecule has 0 saturated carbocycles. The molecule has 0 aliphatic carbocycles. The van der Waals surface area contributed by atoms with Crippen molar-refractivity contribution in [1.82, 2.24) is 9.97 Å². The van der Waals surface area contributed by atoms with Gasteiger partial charge in [-0.1, -0.05) is 0 Å². The molecule has 5 nitrogen and oxygen atoms in total. The highest BCUT2D eigenvalue weighted by Gasteiger charge is 2.09. The molecule has 0 saturated heterocycles. The highest BCUT2D eigenvalue weighted by molar-refractivity contribution is 7.98. The minimum absolute atomic E-state index is 0.307. The van der Waals surface area contributed by atoms with Gasteiger partial charge in [0.05, 0.1) is 5.69 Å². The van der Waals surface area contributed by atoms with Gasteiger partial charge in [0.25, 0.3) is 5.91 Å². The number of amides is 1. The number of rotatable bonds is 3. The Labute approximate surface area is 108 Å². The van der Waals surface area contributed by atoms with Crippen molar-refractivity contribution in [2.45, 2.75) is 5.03 Å². The molecule has 2 aromatic rings. The summed E-state index contributed by atoms with van der Waals surface area (Å²) in [6.07, 6.45) is 4.98. The number of anilines is 1. The molecule has 0 aromatic carbocycles. The van der Waals surface area contributed by atoms with E-state index in [1.165, 1.54) is 24.0 Å². The van der Waals surface area contributed by atoms with Gasteiger partial charge < -0.3 is 10.3 Å². The van der Waals surface area contributed by atoms with E-state index in [2.05, 4.69) is 15.3 Å².